The molecule has 0 fully saturated rings. The number of alkyl carbamates (subject to hydrolysis) is 1. The molecule has 6 nitrogen and oxygen atoms in total. The maximum absolute atomic E-state index is 11.3. The summed E-state index contributed by atoms with van der Waals surface area (Å²) in [5.74, 6) is -0.354. The van der Waals surface area contributed by atoms with E-state index >= 15 is 0 Å². The van der Waals surface area contributed by atoms with Gasteiger partial charge in [-0.15, -0.1) is 0 Å². The molecule has 0 rings (SSSR count). The molecule has 0 spiro atoms. The number of hydrogen-bond donors (Lipinski definition) is 1. The maximum atomic E-state index is 11.3. The number of methoxy groups -OCH3 is 2. The smallest absolute Gasteiger partial charge is 0.409 e. The van der Waals surface area contributed by atoms with Crippen molar-refractivity contribution in [3.8, 4) is 0 Å². The minimum absolute atomic E-state index is 0.354. The Labute approximate surface area is 76.8 Å². The lowest BCUT2D eigenvalue weighted by atomic mass is 10.5. The van der Waals surface area contributed by atoms with Crippen LogP contribution in [0.25, 0.3) is 0 Å². The minimum atomic E-state index is -0.998. The Morgan fingerprint density at radius 1 is 1.31 bits per heavy atom. The van der Waals surface area contributed by atoms with E-state index in [0.717, 1.165) is 0 Å². The SMILES string of the molecule is COC(=O)NC(OC)C(=O)N(C)C. The summed E-state index contributed by atoms with van der Waals surface area (Å²) in [5, 5.41) is 2.22. The van der Waals surface area contributed by atoms with Crippen molar-refractivity contribution < 1.29 is 19.1 Å². The number of hydrogen-bond acceptors (Lipinski definition) is 4. The average molecular weight is 190 g/mol. The van der Waals surface area contributed by atoms with Crippen LogP contribution in [0.5, 0.6) is 0 Å². The van der Waals surface area contributed by atoms with E-state index in [4.69, 9.17) is 4.74 Å². The number of ether oxygens (including phenoxy) is 2. The van der Waals surface area contributed by atoms with Crippen LogP contribution in [0.1, 0.15) is 0 Å². The fourth-order valence-electron chi connectivity index (χ4n) is 0.622. The second kappa shape index (κ2) is 5.36. The van der Waals surface area contributed by atoms with E-state index < -0.39 is 12.3 Å². The molecule has 2 amide bonds. The van der Waals surface area contributed by atoms with Gasteiger partial charge < -0.3 is 14.4 Å². The van der Waals surface area contributed by atoms with Crippen molar-refractivity contribution in [1.82, 2.24) is 10.2 Å². The Morgan fingerprint density at radius 3 is 2.15 bits per heavy atom. The summed E-state index contributed by atoms with van der Waals surface area (Å²) in [6.45, 7) is 0. The monoisotopic (exact) mass is 190 g/mol. The van der Waals surface area contributed by atoms with Crippen LogP contribution in [0.2, 0.25) is 0 Å². The molecule has 1 unspecified atom stereocenters. The molecule has 0 aliphatic carbocycles. The number of amides is 2. The van der Waals surface area contributed by atoms with Crippen LogP contribution in [0, 0.1) is 0 Å². The van der Waals surface area contributed by atoms with E-state index in [1.807, 2.05) is 0 Å². The highest BCUT2D eigenvalue weighted by Crippen LogP contribution is 1.91. The summed E-state index contributed by atoms with van der Waals surface area (Å²) in [5.41, 5.74) is 0. The van der Waals surface area contributed by atoms with E-state index in [1.165, 1.54) is 19.1 Å². The summed E-state index contributed by atoms with van der Waals surface area (Å²) in [7, 11) is 5.66. The molecule has 76 valence electrons. The van der Waals surface area contributed by atoms with Gasteiger partial charge in [0.05, 0.1) is 7.11 Å². The Balaban J connectivity index is 4.18. The molecule has 13 heavy (non-hydrogen) atoms. The third kappa shape index (κ3) is 3.75. The first-order chi connectivity index (χ1) is 6.02. The van der Waals surface area contributed by atoms with E-state index in [0.29, 0.717) is 0 Å². The first-order valence-electron chi connectivity index (χ1n) is 3.61. The van der Waals surface area contributed by atoms with Gasteiger partial charge in [-0.2, -0.15) is 0 Å². The van der Waals surface area contributed by atoms with E-state index in [9.17, 15) is 9.59 Å². The van der Waals surface area contributed by atoms with Gasteiger partial charge in [-0.1, -0.05) is 0 Å². The highest BCUT2D eigenvalue weighted by Gasteiger charge is 2.21. The molecule has 1 atom stereocenters. The van der Waals surface area contributed by atoms with Gasteiger partial charge in [0.1, 0.15) is 0 Å². The van der Waals surface area contributed by atoms with Crippen LogP contribution < -0.4 is 5.32 Å². The molecule has 0 heterocycles. The molecule has 0 aliphatic rings. The first kappa shape index (κ1) is 11.7. The van der Waals surface area contributed by atoms with Gasteiger partial charge in [-0.05, 0) is 0 Å². The Morgan fingerprint density at radius 2 is 1.85 bits per heavy atom. The van der Waals surface area contributed by atoms with Gasteiger partial charge in [0, 0.05) is 21.2 Å². The largest absolute Gasteiger partial charge is 0.453 e. The van der Waals surface area contributed by atoms with Crippen LogP contribution >= 0.6 is 0 Å². The van der Waals surface area contributed by atoms with Crippen molar-refractivity contribution >= 4 is 12.0 Å². The van der Waals surface area contributed by atoms with Crippen LogP contribution in [-0.2, 0) is 14.3 Å². The lowest BCUT2D eigenvalue weighted by Crippen LogP contribution is -2.47. The second-order valence-electron chi connectivity index (χ2n) is 2.48. The normalized spacial score (nSPS) is 11.7. The standard InChI is InChI=1S/C7H14N2O4/c1-9(2)6(10)5(12-3)8-7(11)13-4/h5H,1-4H3,(H,8,11). The van der Waals surface area contributed by atoms with Gasteiger partial charge in [-0.25, -0.2) is 4.79 Å². The molecular formula is C7H14N2O4. The summed E-state index contributed by atoms with van der Waals surface area (Å²) < 4.78 is 9.05. The number of nitrogens with zero attached hydrogens (tertiary/aromatic N) is 1. The van der Waals surface area contributed by atoms with E-state index in [1.54, 1.807) is 14.1 Å². The number of likely N-dealkylation sites (N-methyl/N-ethyl adjacent to an activating group) is 1. The molecule has 6 heteroatoms. The second-order valence-corrected chi connectivity index (χ2v) is 2.48. The van der Waals surface area contributed by atoms with Gasteiger partial charge in [0.15, 0.2) is 0 Å². The highest BCUT2D eigenvalue weighted by molar-refractivity contribution is 5.83. The first-order valence-corrected chi connectivity index (χ1v) is 3.61. The molecule has 0 aliphatic heterocycles. The zero-order chi connectivity index (χ0) is 10.4. The van der Waals surface area contributed by atoms with E-state index in [-0.39, 0.29) is 5.91 Å². The van der Waals surface area contributed by atoms with Gasteiger partial charge >= 0.3 is 6.09 Å². The Bertz CT molecular complexity index is 193. The zero-order valence-electron chi connectivity index (χ0n) is 8.16. The van der Waals surface area contributed by atoms with Crippen LogP contribution in [0.15, 0.2) is 0 Å². The van der Waals surface area contributed by atoms with Crippen LogP contribution in [0.4, 0.5) is 4.79 Å². The number of carbonyl (C=O) groups excluding carboxylic acids is 2. The summed E-state index contributed by atoms with van der Waals surface area (Å²) >= 11 is 0. The van der Waals surface area contributed by atoms with Crippen molar-refractivity contribution in [2.24, 2.45) is 0 Å². The molecule has 0 bridgehead atoms. The predicted octanol–water partition coefficient (Wildman–Crippen LogP) is -0.597. The minimum Gasteiger partial charge on any atom is -0.453 e. The van der Waals surface area contributed by atoms with Crippen molar-refractivity contribution in [2.75, 3.05) is 28.3 Å². The van der Waals surface area contributed by atoms with Gasteiger partial charge in [-0.3, -0.25) is 10.1 Å². The lowest BCUT2D eigenvalue weighted by molar-refractivity contribution is -0.140. The lowest BCUT2D eigenvalue weighted by Gasteiger charge is -2.19. The molecule has 0 aromatic heterocycles. The number of carbonyl (C=O) groups is 2. The van der Waals surface area contributed by atoms with Crippen LogP contribution in [-0.4, -0.2) is 51.4 Å². The summed E-state index contributed by atoms with van der Waals surface area (Å²) in [6, 6.07) is 0. The van der Waals surface area contributed by atoms with Gasteiger partial charge in [0.25, 0.3) is 5.91 Å². The molecule has 0 aromatic rings. The molecule has 0 aromatic carbocycles. The van der Waals surface area contributed by atoms with E-state index in [2.05, 4.69) is 10.1 Å². The predicted molar refractivity (Wildman–Crippen MR) is 45.0 cm³/mol. The summed E-state index contributed by atoms with van der Waals surface area (Å²) in [4.78, 5) is 23.3. The Kier molecular flexibility index (Phi) is 4.83. The topological polar surface area (TPSA) is 67.9 Å². The number of nitrogens with one attached hydrogen (secondary N) is 1. The molecule has 0 saturated carbocycles. The van der Waals surface area contributed by atoms with Crippen molar-refractivity contribution in [1.29, 1.82) is 0 Å². The Hall–Kier alpha value is -1.30. The zero-order valence-corrected chi connectivity index (χ0v) is 8.16. The molecule has 0 saturated heterocycles. The quantitative estimate of drug-likeness (QED) is 0.603. The van der Waals surface area contributed by atoms with Crippen molar-refractivity contribution in [2.45, 2.75) is 6.23 Å². The van der Waals surface area contributed by atoms with Crippen LogP contribution in [0.3, 0.4) is 0 Å². The third-order valence-electron chi connectivity index (χ3n) is 1.34. The molecule has 1 N–H and O–H groups in total. The molecular weight excluding hydrogens is 176 g/mol. The van der Waals surface area contributed by atoms with Crippen molar-refractivity contribution in [3.63, 3.8) is 0 Å². The third-order valence-corrected chi connectivity index (χ3v) is 1.34. The average Bonchev–Trinajstić information content (AvgIpc) is 2.12. The fraction of sp³-hybridized carbons (Fsp3) is 0.714. The highest BCUT2D eigenvalue weighted by atomic mass is 16.6. The van der Waals surface area contributed by atoms with Gasteiger partial charge in [0.2, 0.25) is 6.23 Å². The molecule has 0 radical (unpaired) electrons. The summed E-state index contributed by atoms with van der Waals surface area (Å²) in [6.07, 6.45) is -1.70. The fourth-order valence-corrected chi connectivity index (χ4v) is 0.622. The van der Waals surface area contributed by atoms with Crippen molar-refractivity contribution in [3.05, 3.63) is 0 Å². The number of rotatable bonds is 3. The maximum Gasteiger partial charge on any atom is 0.409 e.